The van der Waals surface area contributed by atoms with Crippen LogP contribution in [-0.4, -0.2) is 46.5 Å². The van der Waals surface area contributed by atoms with E-state index in [1.807, 2.05) is 24.3 Å². The molecule has 1 heterocycles. The highest BCUT2D eigenvalue weighted by atomic mass is 35.5. The van der Waals surface area contributed by atoms with Crippen LogP contribution in [0.25, 0.3) is 0 Å². The number of aryl methyl sites for hydroxylation is 1. The van der Waals surface area contributed by atoms with Gasteiger partial charge in [0.25, 0.3) is 5.91 Å². The lowest BCUT2D eigenvalue weighted by atomic mass is 10.1. The fourth-order valence-electron chi connectivity index (χ4n) is 4.38. The van der Waals surface area contributed by atoms with E-state index < -0.39 is 36.4 Å². The van der Waals surface area contributed by atoms with Crippen molar-refractivity contribution in [2.45, 2.75) is 31.3 Å². The Bertz CT molecular complexity index is 1470. The number of nitrogens with one attached hydrogen (secondary N) is 4. The number of halogens is 2. The number of carbonyl (C=O) groups is 4. The third-order valence-corrected chi connectivity index (χ3v) is 7.02. The van der Waals surface area contributed by atoms with Crippen LogP contribution in [0.1, 0.15) is 39.5 Å². The zero-order chi connectivity index (χ0) is 28.8. The second-order valence-electron chi connectivity index (χ2n) is 9.11. The predicted octanol–water partition coefficient (Wildman–Crippen LogP) is 3.32. The first-order valence-corrected chi connectivity index (χ1v) is 13.0. The smallest absolute Gasteiger partial charge is 0.328 e. The number of fused-ring (bicyclic) bond motifs is 1. The highest BCUT2D eigenvalue weighted by Crippen LogP contribution is 2.32. The molecule has 0 saturated carbocycles. The van der Waals surface area contributed by atoms with Gasteiger partial charge in [0, 0.05) is 6.20 Å². The summed E-state index contributed by atoms with van der Waals surface area (Å²) in [6, 6.07) is 11.5. The van der Waals surface area contributed by atoms with Gasteiger partial charge in [0.05, 0.1) is 40.3 Å². The molecule has 0 radical (unpaired) electrons. The van der Waals surface area contributed by atoms with E-state index in [9.17, 15) is 24.3 Å². The number of nitrogens with two attached hydrogens (primary N) is 1. The molecule has 208 valence electrons. The molecule has 1 aliphatic carbocycles. The van der Waals surface area contributed by atoms with E-state index in [0.717, 1.165) is 24.0 Å². The molecule has 0 unspecified atom stereocenters. The van der Waals surface area contributed by atoms with Crippen molar-refractivity contribution in [3.05, 3.63) is 87.0 Å². The minimum absolute atomic E-state index is 0.0333. The number of nitrogen functional groups attached to an aromatic ring is 1. The van der Waals surface area contributed by atoms with Gasteiger partial charge in [-0.05, 0) is 53.8 Å². The number of hydrogen-bond donors (Lipinski definition) is 6. The Morgan fingerprint density at radius 1 is 1.10 bits per heavy atom. The minimum atomic E-state index is -1.49. The molecule has 4 amide bonds. The van der Waals surface area contributed by atoms with Crippen LogP contribution in [0.2, 0.25) is 10.0 Å². The number of urea groups is 1. The van der Waals surface area contributed by atoms with Gasteiger partial charge in [-0.3, -0.25) is 9.59 Å². The van der Waals surface area contributed by atoms with Gasteiger partial charge in [0.15, 0.2) is 0 Å². The van der Waals surface area contributed by atoms with Gasteiger partial charge in [-0.15, -0.1) is 0 Å². The van der Waals surface area contributed by atoms with Crippen molar-refractivity contribution < 1.29 is 24.3 Å². The zero-order valence-electron chi connectivity index (χ0n) is 21.0. The lowest BCUT2D eigenvalue weighted by Crippen LogP contribution is -2.50. The van der Waals surface area contributed by atoms with E-state index in [1.54, 1.807) is 12.1 Å². The van der Waals surface area contributed by atoms with Gasteiger partial charge in [-0.25, -0.2) is 14.6 Å². The van der Waals surface area contributed by atoms with Crippen LogP contribution >= 0.6 is 23.2 Å². The van der Waals surface area contributed by atoms with Crippen LogP contribution in [0.15, 0.2) is 54.7 Å². The Morgan fingerprint density at radius 3 is 2.62 bits per heavy atom. The summed E-state index contributed by atoms with van der Waals surface area (Å²) in [5.74, 6) is -2.46. The molecule has 40 heavy (non-hydrogen) atoms. The summed E-state index contributed by atoms with van der Waals surface area (Å²) in [6.07, 6.45) is 3.00. The molecular formula is C27H26Cl2N6O5. The number of benzene rings is 2. The number of carboxylic acid groups (broad SMARTS) is 1. The number of anilines is 2. The SMILES string of the molecule is Nc1cc(CC(=O)Nc2ccc(Cl)c(C(=O)N[C@@H](CNC(=O)N[C@@H]3CCc4ccccc43)C(=O)O)c2Cl)ccn1. The van der Waals surface area contributed by atoms with Gasteiger partial charge in [-0.1, -0.05) is 47.5 Å². The largest absolute Gasteiger partial charge is 0.480 e. The number of hydrogen-bond acceptors (Lipinski definition) is 6. The topological polar surface area (TPSA) is 176 Å². The van der Waals surface area contributed by atoms with E-state index in [1.165, 1.54) is 18.3 Å². The standard InChI is InChI=1S/C27H26Cl2N6O5/c28-17-6-8-19(33-22(36)12-14-9-10-31-21(30)11-14)24(29)23(17)25(37)34-20(26(38)39)13-32-27(40)35-18-7-5-15-3-1-2-4-16(15)18/h1-4,6,8-11,18,20H,5,7,12-13H2,(H2,30,31)(H,33,36)(H,34,37)(H,38,39)(H2,32,35,40)/t18-,20+/m1/s1. The number of nitrogens with zero attached hydrogens (tertiary/aromatic N) is 1. The van der Waals surface area contributed by atoms with E-state index in [4.69, 9.17) is 28.9 Å². The molecule has 7 N–H and O–H groups in total. The molecule has 1 aliphatic rings. The first-order chi connectivity index (χ1) is 19.1. The van der Waals surface area contributed by atoms with Crippen LogP contribution in [0, 0.1) is 0 Å². The summed E-state index contributed by atoms with van der Waals surface area (Å²) in [7, 11) is 0. The van der Waals surface area contributed by atoms with Crippen molar-refractivity contribution in [2.24, 2.45) is 0 Å². The van der Waals surface area contributed by atoms with Crippen LogP contribution in [0.3, 0.4) is 0 Å². The molecule has 13 heteroatoms. The molecule has 0 aliphatic heterocycles. The Kier molecular flexibility index (Phi) is 9.08. The molecule has 4 rings (SSSR count). The van der Waals surface area contributed by atoms with Gasteiger partial charge in [0.1, 0.15) is 11.9 Å². The quantitative estimate of drug-likeness (QED) is 0.223. The molecule has 0 spiro atoms. The molecule has 0 fully saturated rings. The number of amides is 4. The van der Waals surface area contributed by atoms with Crippen molar-refractivity contribution in [3.63, 3.8) is 0 Å². The second-order valence-corrected chi connectivity index (χ2v) is 9.89. The number of rotatable bonds is 9. The summed E-state index contributed by atoms with van der Waals surface area (Å²) in [5.41, 5.74) is 8.30. The molecule has 2 aromatic carbocycles. The molecule has 0 saturated heterocycles. The molecule has 3 aromatic rings. The second kappa shape index (κ2) is 12.7. The average Bonchev–Trinajstić information content (AvgIpc) is 3.30. The zero-order valence-corrected chi connectivity index (χ0v) is 22.6. The van der Waals surface area contributed by atoms with Crippen LogP contribution in [0.5, 0.6) is 0 Å². The van der Waals surface area contributed by atoms with E-state index in [0.29, 0.717) is 5.56 Å². The van der Waals surface area contributed by atoms with Crippen molar-refractivity contribution >= 4 is 58.5 Å². The van der Waals surface area contributed by atoms with Gasteiger partial charge in [0.2, 0.25) is 5.91 Å². The third kappa shape index (κ3) is 6.99. The van der Waals surface area contributed by atoms with Crippen molar-refractivity contribution in [2.75, 3.05) is 17.6 Å². The Morgan fingerprint density at radius 2 is 1.88 bits per heavy atom. The Hall–Kier alpha value is -4.35. The molecular weight excluding hydrogens is 559 g/mol. The number of aromatic nitrogens is 1. The maximum Gasteiger partial charge on any atom is 0.328 e. The fourth-order valence-corrected chi connectivity index (χ4v) is 4.97. The Labute approximate surface area is 239 Å². The fraction of sp³-hybridized carbons (Fsp3) is 0.222. The van der Waals surface area contributed by atoms with Crippen LogP contribution in [-0.2, 0) is 22.4 Å². The highest BCUT2D eigenvalue weighted by molar-refractivity contribution is 6.41. The first kappa shape index (κ1) is 28.7. The number of carbonyl (C=O) groups excluding carboxylic acids is 3. The normalized spacial score (nSPS) is 14.5. The van der Waals surface area contributed by atoms with Crippen molar-refractivity contribution in [3.8, 4) is 0 Å². The summed E-state index contributed by atoms with van der Waals surface area (Å²) >= 11 is 12.6. The van der Waals surface area contributed by atoms with E-state index in [-0.39, 0.29) is 39.6 Å². The number of pyridine rings is 1. The number of aliphatic carboxylic acids is 1. The maximum atomic E-state index is 13.0. The monoisotopic (exact) mass is 584 g/mol. The van der Waals surface area contributed by atoms with Gasteiger partial charge in [-0.2, -0.15) is 0 Å². The minimum Gasteiger partial charge on any atom is -0.480 e. The maximum absolute atomic E-state index is 13.0. The van der Waals surface area contributed by atoms with E-state index in [2.05, 4.69) is 26.3 Å². The average molecular weight is 585 g/mol. The predicted molar refractivity (Wildman–Crippen MR) is 150 cm³/mol. The van der Waals surface area contributed by atoms with Crippen molar-refractivity contribution in [1.82, 2.24) is 20.9 Å². The summed E-state index contributed by atoms with van der Waals surface area (Å²) in [4.78, 5) is 53.7. The van der Waals surface area contributed by atoms with Crippen LogP contribution in [0.4, 0.5) is 16.3 Å². The number of carboxylic acids is 1. The lowest BCUT2D eigenvalue weighted by molar-refractivity contribution is -0.139. The Balaban J connectivity index is 1.38. The van der Waals surface area contributed by atoms with Crippen LogP contribution < -0.4 is 27.0 Å². The van der Waals surface area contributed by atoms with Gasteiger partial charge >= 0.3 is 12.0 Å². The first-order valence-electron chi connectivity index (χ1n) is 12.3. The summed E-state index contributed by atoms with van der Waals surface area (Å²) in [5, 5.41) is 19.7. The van der Waals surface area contributed by atoms with Gasteiger partial charge < -0.3 is 32.1 Å². The molecule has 2 atom stereocenters. The summed E-state index contributed by atoms with van der Waals surface area (Å²) < 4.78 is 0. The molecule has 0 bridgehead atoms. The third-order valence-electron chi connectivity index (χ3n) is 6.31. The molecule has 11 nitrogen and oxygen atoms in total. The lowest BCUT2D eigenvalue weighted by Gasteiger charge is -2.19. The highest BCUT2D eigenvalue weighted by Gasteiger charge is 2.27. The summed E-state index contributed by atoms with van der Waals surface area (Å²) in [6.45, 7) is -0.401. The van der Waals surface area contributed by atoms with Crippen molar-refractivity contribution in [1.29, 1.82) is 0 Å². The van der Waals surface area contributed by atoms with E-state index >= 15 is 0 Å². The molecule has 1 aromatic heterocycles.